The van der Waals surface area contributed by atoms with Crippen molar-refractivity contribution in [2.45, 2.75) is 27.3 Å². The molecule has 0 heterocycles. The van der Waals surface area contributed by atoms with Crippen molar-refractivity contribution >= 4 is 11.9 Å². The molecule has 0 saturated heterocycles. The Morgan fingerprint density at radius 2 is 1.79 bits per heavy atom. The molecule has 2 rings (SSSR count). The molecule has 0 saturated carbocycles. The molecule has 0 bridgehead atoms. The third kappa shape index (κ3) is 5.81. The van der Waals surface area contributed by atoms with Gasteiger partial charge in [-0.05, 0) is 48.7 Å². The number of carbonyl (C=O) groups excluding carboxylic acids is 2. The Bertz CT molecular complexity index is 820. The lowest BCUT2D eigenvalue weighted by Gasteiger charge is -2.25. The number of methoxy groups -OCH3 is 1. The van der Waals surface area contributed by atoms with Crippen LogP contribution in [0, 0.1) is 25.6 Å². The number of hydrogen-bond donors (Lipinski definition) is 0. The smallest absolute Gasteiger partial charge is 0.310 e. The summed E-state index contributed by atoms with van der Waals surface area (Å²) >= 11 is 0. The average molecular weight is 387 g/mol. The fraction of sp³-hybridized carbons (Fsp3) is 0.364. The van der Waals surface area contributed by atoms with Gasteiger partial charge in [0.15, 0.2) is 6.61 Å². The van der Waals surface area contributed by atoms with Crippen LogP contribution in [0.15, 0.2) is 42.5 Å². The van der Waals surface area contributed by atoms with Crippen LogP contribution in [0.1, 0.15) is 23.6 Å². The minimum Gasteiger partial charge on any atom is -0.483 e. The normalized spacial score (nSPS) is 11.6. The van der Waals surface area contributed by atoms with E-state index in [1.54, 1.807) is 19.1 Å². The van der Waals surface area contributed by atoms with Gasteiger partial charge in [-0.25, -0.2) is 4.39 Å². The van der Waals surface area contributed by atoms with Gasteiger partial charge in [0.2, 0.25) is 0 Å². The molecule has 5 nitrogen and oxygen atoms in total. The number of rotatable bonds is 8. The van der Waals surface area contributed by atoms with Crippen LogP contribution in [0.25, 0.3) is 0 Å². The lowest BCUT2D eigenvalue weighted by atomic mass is 10.1. The molecule has 1 atom stereocenters. The summed E-state index contributed by atoms with van der Waals surface area (Å²) in [5.74, 6) is -0.845. The highest BCUT2D eigenvalue weighted by atomic mass is 19.1. The molecule has 0 aliphatic heterocycles. The van der Waals surface area contributed by atoms with Crippen LogP contribution >= 0.6 is 0 Å². The molecule has 0 aliphatic carbocycles. The molecule has 0 spiro atoms. The number of hydrogen-bond acceptors (Lipinski definition) is 4. The Morgan fingerprint density at radius 3 is 2.43 bits per heavy atom. The van der Waals surface area contributed by atoms with Crippen molar-refractivity contribution < 1.29 is 23.5 Å². The summed E-state index contributed by atoms with van der Waals surface area (Å²) in [6, 6.07) is 11.6. The number of aryl methyl sites for hydroxylation is 1. The topological polar surface area (TPSA) is 55.8 Å². The van der Waals surface area contributed by atoms with Crippen LogP contribution in [0.5, 0.6) is 5.75 Å². The zero-order chi connectivity index (χ0) is 20.7. The molecule has 2 aromatic rings. The van der Waals surface area contributed by atoms with E-state index in [0.29, 0.717) is 5.75 Å². The summed E-state index contributed by atoms with van der Waals surface area (Å²) in [5.41, 5.74) is 2.81. The third-order valence-electron chi connectivity index (χ3n) is 4.64. The van der Waals surface area contributed by atoms with Gasteiger partial charge in [0.25, 0.3) is 5.91 Å². The molecule has 1 unspecified atom stereocenters. The number of benzene rings is 2. The van der Waals surface area contributed by atoms with Crippen molar-refractivity contribution in [3.8, 4) is 5.75 Å². The van der Waals surface area contributed by atoms with Crippen molar-refractivity contribution in [1.29, 1.82) is 0 Å². The van der Waals surface area contributed by atoms with E-state index in [9.17, 15) is 14.0 Å². The maximum atomic E-state index is 13.2. The van der Waals surface area contributed by atoms with Gasteiger partial charge >= 0.3 is 5.97 Å². The Morgan fingerprint density at radius 1 is 1.11 bits per heavy atom. The molecule has 28 heavy (non-hydrogen) atoms. The standard InChI is InChI=1S/C22H26FNO4/c1-15-6-5-7-20(17(15)3)28-14-21(25)24(12-16(2)22(26)27-4)13-18-8-10-19(23)11-9-18/h5-11,16H,12-14H2,1-4H3. The van der Waals surface area contributed by atoms with E-state index in [1.165, 1.54) is 24.1 Å². The molecule has 1 amide bonds. The van der Waals surface area contributed by atoms with E-state index < -0.39 is 11.9 Å². The van der Waals surface area contributed by atoms with Gasteiger partial charge in [0.05, 0.1) is 13.0 Å². The largest absolute Gasteiger partial charge is 0.483 e. The van der Waals surface area contributed by atoms with Gasteiger partial charge < -0.3 is 14.4 Å². The Hall–Kier alpha value is -2.89. The van der Waals surface area contributed by atoms with Gasteiger partial charge in [0.1, 0.15) is 11.6 Å². The number of ether oxygens (including phenoxy) is 2. The highest BCUT2D eigenvalue weighted by molar-refractivity contribution is 5.79. The highest BCUT2D eigenvalue weighted by Gasteiger charge is 2.22. The lowest BCUT2D eigenvalue weighted by molar-refractivity contribution is -0.147. The molecular weight excluding hydrogens is 361 g/mol. The fourth-order valence-corrected chi connectivity index (χ4v) is 2.78. The second-order valence-corrected chi connectivity index (χ2v) is 6.81. The van der Waals surface area contributed by atoms with Gasteiger partial charge in [-0.15, -0.1) is 0 Å². The van der Waals surface area contributed by atoms with E-state index in [0.717, 1.165) is 16.7 Å². The van der Waals surface area contributed by atoms with Crippen LogP contribution in [-0.4, -0.2) is 37.0 Å². The molecule has 6 heteroatoms. The zero-order valence-electron chi connectivity index (χ0n) is 16.7. The van der Waals surface area contributed by atoms with Gasteiger partial charge in [-0.3, -0.25) is 9.59 Å². The predicted molar refractivity (Wildman–Crippen MR) is 104 cm³/mol. The summed E-state index contributed by atoms with van der Waals surface area (Å²) in [4.78, 5) is 26.1. The van der Waals surface area contributed by atoms with Crippen molar-refractivity contribution in [2.75, 3.05) is 20.3 Å². The second-order valence-electron chi connectivity index (χ2n) is 6.81. The Balaban J connectivity index is 2.11. The Labute approximate surface area is 165 Å². The number of halogens is 1. The third-order valence-corrected chi connectivity index (χ3v) is 4.64. The molecule has 150 valence electrons. The second kappa shape index (κ2) is 9.88. The highest BCUT2D eigenvalue weighted by Crippen LogP contribution is 2.21. The summed E-state index contributed by atoms with van der Waals surface area (Å²) in [6.45, 7) is 5.88. The first-order chi connectivity index (χ1) is 13.3. The molecule has 0 fully saturated rings. The molecule has 0 radical (unpaired) electrons. The fourth-order valence-electron chi connectivity index (χ4n) is 2.78. The van der Waals surface area contributed by atoms with Crippen LogP contribution < -0.4 is 4.74 Å². The van der Waals surface area contributed by atoms with Gasteiger partial charge in [0, 0.05) is 13.1 Å². The van der Waals surface area contributed by atoms with Crippen LogP contribution in [-0.2, 0) is 20.9 Å². The number of amides is 1. The monoisotopic (exact) mass is 387 g/mol. The maximum Gasteiger partial charge on any atom is 0.310 e. The SMILES string of the molecule is COC(=O)C(C)CN(Cc1ccc(F)cc1)C(=O)COc1cccc(C)c1C. The molecule has 0 N–H and O–H groups in total. The van der Waals surface area contributed by atoms with Crippen molar-refractivity contribution in [3.63, 3.8) is 0 Å². The van der Waals surface area contributed by atoms with Crippen molar-refractivity contribution in [2.24, 2.45) is 5.92 Å². The van der Waals surface area contributed by atoms with Crippen LogP contribution in [0.2, 0.25) is 0 Å². The zero-order valence-corrected chi connectivity index (χ0v) is 16.7. The lowest BCUT2D eigenvalue weighted by Crippen LogP contribution is -2.39. The van der Waals surface area contributed by atoms with E-state index in [4.69, 9.17) is 9.47 Å². The molecule has 2 aromatic carbocycles. The van der Waals surface area contributed by atoms with E-state index in [1.807, 2.05) is 32.0 Å². The Kier molecular flexibility index (Phi) is 7.55. The van der Waals surface area contributed by atoms with Crippen LogP contribution in [0.3, 0.4) is 0 Å². The predicted octanol–water partition coefficient (Wildman–Crippen LogP) is 3.66. The first kappa shape index (κ1) is 21.4. The summed E-state index contributed by atoms with van der Waals surface area (Å²) in [7, 11) is 1.31. The minimum atomic E-state index is -0.491. The number of carbonyl (C=O) groups is 2. The van der Waals surface area contributed by atoms with Crippen LogP contribution in [0.4, 0.5) is 4.39 Å². The van der Waals surface area contributed by atoms with Gasteiger partial charge in [-0.1, -0.05) is 31.2 Å². The summed E-state index contributed by atoms with van der Waals surface area (Å²) < 4.78 is 23.6. The van der Waals surface area contributed by atoms with E-state index in [2.05, 4.69) is 0 Å². The van der Waals surface area contributed by atoms with Crippen molar-refractivity contribution in [1.82, 2.24) is 4.90 Å². The maximum absolute atomic E-state index is 13.2. The molecule has 0 aliphatic rings. The number of esters is 1. The van der Waals surface area contributed by atoms with Crippen molar-refractivity contribution in [3.05, 3.63) is 65.0 Å². The summed E-state index contributed by atoms with van der Waals surface area (Å²) in [6.07, 6.45) is 0. The van der Waals surface area contributed by atoms with E-state index >= 15 is 0 Å². The first-order valence-electron chi connectivity index (χ1n) is 9.11. The average Bonchev–Trinajstić information content (AvgIpc) is 2.69. The number of nitrogens with zero attached hydrogens (tertiary/aromatic N) is 1. The quantitative estimate of drug-likeness (QED) is 0.649. The molecular formula is C22H26FNO4. The molecule has 0 aromatic heterocycles. The first-order valence-corrected chi connectivity index (χ1v) is 9.11. The summed E-state index contributed by atoms with van der Waals surface area (Å²) in [5, 5.41) is 0. The van der Waals surface area contributed by atoms with Gasteiger partial charge in [-0.2, -0.15) is 0 Å². The minimum absolute atomic E-state index is 0.153. The van der Waals surface area contributed by atoms with E-state index in [-0.39, 0.29) is 31.4 Å².